The van der Waals surface area contributed by atoms with E-state index >= 15 is 0 Å². The van der Waals surface area contributed by atoms with Crippen molar-refractivity contribution < 1.29 is 32.3 Å². The van der Waals surface area contributed by atoms with Gasteiger partial charge >= 0.3 is 6.18 Å². The van der Waals surface area contributed by atoms with Crippen LogP contribution in [-0.2, 0) is 16.1 Å². The molecule has 2 heterocycles. The molecule has 1 fully saturated rings. The Bertz CT molecular complexity index is 1140. The largest absolute Gasteiger partial charge is 0.412 e. The number of benzene rings is 2. The van der Waals surface area contributed by atoms with Crippen LogP contribution in [0.2, 0.25) is 0 Å². The van der Waals surface area contributed by atoms with Crippen LogP contribution in [0.25, 0.3) is 0 Å². The molecule has 0 radical (unpaired) electrons. The number of imide groups is 1. The number of alkyl halides is 3. The minimum absolute atomic E-state index is 0.0161. The molecule has 33 heavy (non-hydrogen) atoms. The lowest BCUT2D eigenvalue weighted by atomic mass is 10.0. The van der Waals surface area contributed by atoms with Gasteiger partial charge in [-0.25, -0.2) is 0 Å². The van der Waals surface area contributed by atoms with Gasteiger partial charge in [-0.1, -0.05) is 29.8 Å². The van der Waals surface area contributed by atoms with Gasteiger partial charge in [0.05, 0.1) is 0 Å². The van der Waals surface area contributed by atoms with Gasteiger partial charge in [0.1, 0.15) is 6.04 Å². The highest BCUT2D eigenvalue weighted by Gasteiger charge is 2.42. The number of carbonyl (C=O) groups excluding carboxylic acids is 4. The Morgan fingerprint density at radius 3 is 2.45 bits per heavy atom. The highest BCUT2D eigenvalue weighted by molar-refractivity contribution is 6.06. The van der Waals surface area contributed by atoms with Crippen LogP contribution in [0, 0.1) is 6.92 Å². The van der Waals surface area contributed by atoms with E-state index in [4.69, 9.17) is 0 Å². The number of fused-ring (bicyclic) bond motifs is 1. The summed E-state index contributed by atoms with van der Waals surface area (Å²) in [7, 11) is 0. The van der Waals surface area contributed by atoms with Crippen molar-refractivity contribution in [3.8, 4) is 0 Å². The predicted octanol–water partition coefficient (Wildman–Crippen LogP) is 2.79. The van der Waals surface area contributed by atoms with E-state index in [9.17, 15) is 32.3 Å². The zero-order chi connectivity index (χ0) is 23.9. The normalized spacial score (nSPS) is 19.2. The van der Waals surface area contributed by atoms with Gasteiger partial charge < -0.3 is 10.2 Å². The third-order valence-electron chi connectivity index (χ3n) is 5.80. The van der Waals surface area contributed by atoms with Crippen LogP contribution in [0.3, 0.4) is 0 Å². The standard InChI is InChI=1S/C23H20F3N3O4/c1-12-2-4-13(5-3-12)19(23(24,25)26)28-20(31)14-6-7-16-15(10-14)11-29(22(16)33)17-8-9-18(30)27-21(17)32/h2-7,10,17,19H,8-9,11H2,1H3,(H,28,31)(H,27,30,32)/t17?,19-/m1/s1. The number of hydrogen-bond donors (Lipinski definition) is 2. The Balaban J connectivity index is 1.54. The Kier molecular flexibility index (Phi) is 5.69. The summed E-state index contributed by atoms with van der Waals surface area (Å²) in [5.74, 6) is -2.35. The first-order valence-electron chi connectivity index (χ1n) is 10.3. The summed E-state index contributed by atoms with van der Waals surface area (Å²) in [6.45, 7) is 1.76. The molecule has 1 unspecified atom stereocenters. The predicted molar refractivity (Wildman–Crippen MR) is 110 cm³/mol. The second-order valence-electron chi connectivity index (χ2n) is 8.13. The number of piperidine rings is 1. The third-order valence-corrected chi connectivity index (χ3v) is 5.80. The first kappa shape index (κ1) is 22.5. The van der Waals surface area contributed by atoms with Gasteiger partial charge in [0.25, 0.3) is 11.8 Å². The lowest BCUT2D eigenvalue weighted by molar-refractivity contribution is -0.155. The monoisotopic (exact) mass is 459 g/mol. The second-order valence-corrected chi connectivity index (χ2v) is 8.13. The smallest absolute Gasteiger partial charge is 0.337 e. The molecule has 2 N–H and O–H groups in total. The zero-order valence-corrected chi connectivity index (χ0v) is 17.5. The maximum Gasteiger partial charge on any atom is 0.412 e. The van der Waals surface area contributed by atoms with Crippen molar-refractivity contribution >= 4 is 23.6 Å². The summed E-state index contributed by atoms with van der Waals surface area (Å²) >= 11 is 0. The lowest BCUT2D eigenvalue weighted by Gasteiger charge is -2.29. The molecule has 0 bridgehead atoms. The van der Waals surface area contributed by atoms with Gasteiger partial charge in [-0.05, 0) is 42.7 Å². The molecule has 0 saturated carbocycles. The highest BCUT2D eigenvalue weighted by atomic mass is 19.4. The van der Waals surface area contributed by atoms with E-state index in [0.717, 1.165) is 5.56 Å². The van der Waals surface area contributed by atoms with Crippen molar-refractivity contribution in [3.05, 3.63) is 70.3 Å². The van der Waals surface area contributed by atoms with Crippen LogP contribution in [0.15, 0.2) is 42.5 Å². The van der Waals surface area contributed by atoms with Gasteiger partial charge in [-0.15, -0.1) is 0 Å². The van der Waals surface area contributed by atoms with E-state index in [-0.39, 0.29) is 36.1 Å². The summed E-state index contributed by atoms with van der Waals surface area (Å²) in [5, 5.41) is 4.23. The van der Waals surface area contributed by atoms with E-state index in [1.165, 1.54) is 47.4 Å². The molecule has 2 aromatic carbocycles. The Hall–Kier alpha value is -3.69. The van der Waals surface area contributed by atoms with E-state index in [2.05, 4.69) is 5.32 Å². The number of carbonyl (C=O) groups is 4. The number of hydrogen-bond acceptors (Lipinski definition) is 4. The summed E-state index contributed by atoms with van der Waals surface area (Å²) in [6.07, 6.45) is -4.43. The Morgan fingerprint density at radius 1 is 1.12 bits per heavy atom. The van der Waals surface area contributed by atoms with Gasteiger partial charge in [-0.3, -0.25) is 24.5 Å². The first-order valence-corrected chi connectivity index (χ1v) is 10.3. The van der Waals surface area contributed by atoms with Crippen molar-refractivity contribution in [2.24, 2.45) is 0 Å². The van der Waals surface area contributed by atoms with Gasteiger partial charge in [0.15, 0.2) is 6.04 Å². The molecule has 4 amide bonds. The summed E-state index contributed by atoms with van der Waals surface area (Å²) in [6, 6.07) is 6.68. The van der Waals surface area contributed by atoms with Crippen LogP contribution in [0.1, 0.15) is 56.3 Å². The average Bonchev–Trinajstić information content (AvgIpc) is 3.07. The quantitative estimate of drug-likeness (QED) is 0.688. The molecular formula is C23H20F3N3O4. The van der Waals surface area contributed by atoms with E-state index < -0.39 is 41.9 Å². The third kappa shape index (κ3) is 4.46. The number of nitrogens with one attached hydrogen (secondary N) is 2. The average molecular weight is 459 g/mol. The molecule has 0 spiro atoms. The van der Waals surface area contributed by atoms with E-state index in [1.807, 2.05) is 5.32 Å². The molecule has 1 saturated heterocycles. The number of rotatable bonds is 4. The number of amides is 4. The first-order chi connectivity index (χ1) is 15.5. The summed E-state index contributed by atoms with van der Waals surface area (Å²) in [5.41, 5.74) is 1.35. The van der Waals surface area contributed by atoms with Gasteiger partial charge in [-0.2, -0.15) is 13.2 Å². The van der Waals surface area contributed by atoms with Crippen LogP contribution in [0.4, 0.5) is 13.2 Å². The molecule has 0 aromatic heterocycles. The minimum atomic E-state index is -4.71. The zero-order valence-electron chi connectivity index (χ0n) is 17.5. The molecule has 0 aliphatic carbocycles. The van der Waals surface area contributed by atoms with E-state index in [1.54, 1.807) is 6.92 Å². The molecule has 2 atom stereocenters. The Morgan fingerprint density at radius 2 is 1.82 bits per heavy atom. The molecule has 2 aliphatic rings. The second kappa shape index (κ2) is 8.34. The number of aryl methyl sites for hydroxylation is 1. The van der Waals surface area contributed by atoms with Crippen LogP contribution >= 0.6 is 0 Å². The van der Waals surface area contributed by atoms with Crippen molar-refractivity contribution in [3.63, 3.8) is 0 Å². The van der Waals surface area contributed by atoms with Crippen molar-refractivity contribution in [1.29, 1.82) is 0 Å². The van der Waals surface area contributed by atoms with Crippen LogP contribution < -0.4 is 10.6 Å². The lowest BCUT2D eigenvalue weighted by Crippen LogP contribution is -2.52. The molecule has 4 rings (SSSR count). The van der Waals surface area contributed by atoms with Crippen molar-refractivity contribution in [1.82, 2.24) is 15.5 Å². The topological polar surface area (TPSA) is 95.6 Å². The molecule has 2 aromatic rings. The van der Waals surface area contributed by atoms with Crippen LogP contribution in [-0.4, -0.2) is 40.7 Å². The maximum absolute atomic E-state index is 13.6. The van der Waals surface area contributed by atoms with Gasteiger partial charge in [0, 0.05) is 24.1 Å². The minimum Gasteiger partial charge on any atom is -0.337 e. The Labute approximate surface area is 186 Å². The highest BCUT2D eigenvalue weighted by Crippen LogP contribution is 2.33. The van der Waals surface area contributed by atoms with E-state index in [0.29, 0.717) is 5.56 Å². The van der Waals surface area contributed by atoms with Crippen molar-refractivity contribution in [2.45, 2.75) is 44.6 Å². The SMILES string of the molecule is Cc1ccc([C@@H](NC(=O)c2ccc3c(c2)CN(C2CCC(=O)NC2=O)C3=O)C(F)(F)F)cc1. The molecule has 2 aliphatic heterocycles. The summed E-state index contributed by atoms with van der Waals surface area (Å²) in [4.78, 5) is 50.2. The number of halogens is 3. The fourth-order valence-electron chi connectivity index (χ4n) is 4.04. The van der Waals surface area contributed by atoms with Crippen molar-refractivity contribution in [2.75, 3.05) is 0 Å². The molecule has 172 valence electrons. The number of nitrogens with zero attached hydrogens (tertiary/aromatic N) is 1. The maximum atomic E-state index is 13.6. The molecule has 10 heteroatoms. The van der Waals surface area contributed by atoms with Crippen LogP contribution in [0.5, 0.6) is 0 Å². The fraction of sp³-hybridized carbons (Fsp3) is 0.304. The summed E-state index contributed by atoms with van der Waals surface area (Å²) < 4.78 is 40.9. The van der Waals surface area contributed by atoms with Gasteiger partial charge in [0.2, 0.25) is 11.8 Å². The molecular weight excluding hydrogens is 439 g/mol. The fourth-order valence-corrected chi connectivity index (χ4v) is 4.04. The molecule has 7 nitrogen and oxygen atoms in total.